The maximum atomic E-state index is 13.6. The summed E-state index contributed by atoms with van der Waals surface area (Å²) in [6.07, 6.45) is 4.71. The van der Waals surface area contributed by atoms with Gasteiger partial charge in [-0.1, -0.05) is 103 Å². The molecule has 3 aromatic rings. The molecule has 1 aliphatic rings. The predicted octanol–water partition coefficient (Wildman–Crippen LogP) is 6.17. The van der Waals surface area contributed by atoms with Crippen LogP contribution in [0.25, 0.3) is 0 Å². The van der Waals surface area contributed by atoms with Crippen LogP contribution in [-0.2, 0) is 4.79 Å². The molecule has 0 unspecified atom stereocenters. The number of rotatable bonds is 6. The molecule has 148 valence electrons. The Balaban J connectivity index is 1.66. The van der Waals surface area contributed by atoms with Gasteiger partial charge in [0.05, 0.1) is 12.0 Å². The first-order valence-electron chi connectivity index (χ1n) is 10.7. The average Bonchev–Trinajstić information content (AvgIpc) is 3.29. The average molecular weight is 384 g/mol. The lowest BCUT2D eigenvalue weighted by Gasteiger charge is -2.27. The highest BCUT2D eigenvalue weighted by atomic mass is 16.2. The van der Waals surface area contributed by atoms with Crippen molar-refractivity contribution in [1.82, 2.24) is 5.32 Å². The number of benzene rings is 3. The van der Waals surface area contributed by atoms with Gasteiger partial charge in [0.1, 0.15) is 0 Å². The van der Waals surface area contributed by atoms with Crippen LogP contribution < -0.4 is 5.32 Å². The van der Waals surface area contributed by atoms with Crippen molar-refractivity contribution in [3.63, 3.8) is 0 Å². The third-order valence-electron chi connectivity index (χ3n) is 6.14. The highest BCUT2D eigenvalue weighted by Gasteiger charge is 2.33. The molecule has 1 fully saturated rings. The molecule has 2 heteroatoms. The molecule has 0 aliphatic heterocycles. The van der Waals surface area contributed by atoms with Crippen molar-refractivity contribution in [2.24, 2.45) is 5.92 Å². The number of nitrogens with one attached hydrogen (secondary N) is 1. The number of hydrogen-bond acceptors (Lipinski definition) is 1. The van der Waals surface area contributed by atoms with Gasteiger partial charge in [0, 0.05) is 0 Å². The summed E-state index contributed by atoms with van der Waals surface area (Å²) in [4.78, 5) is 13.6. The van der Waals surface area contributed by atoms with Crippen molar-refractivity contribution in [2.75, 3.05) is 0 Å². The van der Waals surface area contributed by atoms with Crippen molar-refractivity contribution in [3.05, 3.63) is 107 Å². The summed E-state index contributed by atoms with van der Waals surface area (Å²) in [5.74, 6) is 0.472. The second-order valence-corrected chi connectivity index (χ2v) is 8.20. The minimum atomic E-state index is -0.142. The molecule has 1 saturated carbocycles. The van der Waals surface area contributed by atoms with Gasteiger partial charge in [-0.05, 0) is 42.4 Å². The van der Waals surface area contributed by atoms with E-state index in [-0.39, 0.29) is 17.9 Å². The van der Waals surface area contributed by atoms with E-state index in [1.165, 1.54) is 18.4 Å². The zero-order valence-corrected chi connectivity index (χ0v) is 17.1. The summed E-state index contributed by atoms with van der Waals surface area (Å²) < 4.78 is 0. The summed E-state index contributed by atoms with van der Waals surface area (Å²) in [5.41, 5.74) is 4.59. The van der Waals surface area contributed by atoms with Crippen LogP contribution in [0, 0.1) is 12.8 Å². The highest BCUT2D eigenvalue weighted by Crippen LogP contribution is 2.38. The second kappa shape index (κ2) is 9.09. The van der Waals surface area contributed by atoms with Crippen LogP contribution >= 0.6 is 0 Å². The van der Waals surface area contributed by atoms with Crippen molar-refractivity contribution in [3.8, 4) is 0 Å². The lowest BCUT2D eigenvalue weighted by atomic mass is 9.83. The van der Waals surface area contributed by atoms with Gasteiger partial charge in [-0.2, -0.15) is 0 Å². The first kappa shape index (κ1) is 19.4. The quantitative estimate of drug-likeness (QED) is 0.541. The molecule has 1 N–H and O–H groups in total. The van der Waals surface area contributed by atoms with Gasteiger partial charge in [0.2, 0.25) is 5.91 Å². The van der Waals surface area contributed by atoms with Crippen LogP contribution in [0.3, 0.4) is 0 Å². The van der Waals surface area contributed by atoms with Crippen LogP contribution in [0.2, 0.25) is 0 Å². The van der Waals surface area contributed by atoms with E-state index >= 15 is 0 Å². The molecule has 2 nitrogen and oxygen atoms in total. The highest BCUT2D eigenvalue weighted by molar-refractivity contribution is 5.84. The molecule has 0 aromatic heterocycles. The Morgan fingerprint density at radius 2 is 1.28 bits per heavy atom. The summed E-state index contributed by atoms with van der Waals surface area (Å²) >= 11 is 0. The van der Waals surface area contributed by atoms with E-state index in [2.05, 4.69) is 60.8 Å². The molecule has 0 saturated heterocycles. The molecule has 29 heavy (non-hydrogen) atoms. The lowest BCUT2D eigenvalue weighted by molar-refractivity contribution is -0.124. The van der Waals surface area contributed by atoms with E-state index < -0.39 is 0 Å². The molecule has 0 spiro atoms. The summed E-state index contributed by atoms with van der Waals surface area (Å²) in [5, 5.41) is 3.41. The molecular weight excluding hydrogens is 354 g/mol. The van der Waals surface area contributed by atoms with Gasteiger partial charge in [0.15, 0.2) is 0 Å². The third kappa shape index (κ3) is 4.59. The Hall–Kier alpha value is -2.87. The van der Waals surface area contributed by atoms with Crippen LogP contribution in [-0.4, -0.2) is 5.91 Å². The Bertz CT molecular complexity index is 912. The standard InChI is InChI=1S/C27H29NO/c1-20-16-18-24(19-17-20)26(23-14-6-3-7-15-23)28-27(29)25(22-12-8-9-13-22)21-10-4-2-5-11-21/h2-7,10-11,14-19,22,25-26H,8-9,12-13H2,1H3,(H,28,29)/t25-,26+/m0/s1. The van der Waals surface area contributed by atoms with Gasteiger partial charge in [-0.25, -0.2) is 0 Å². The predicted molar refractivity (Wildman–Crippen MR) is 119 cm³/mol. The van der Waals surface area contributed by atoms with Gasteiger partial charge in [-0.3, -0.25) is 4.79 Å². The zero-order valence-electron chi connectivity index (χ0n) is 17.1. The van der Waals surface area contributed by atoms with Gasteiger partial charge in [0.25, 0.3) is 0 Å². The molecule has 0 heterocycles. The fraction of sp³-hybridized carbons (Fsp3) is 0.296. The third-order valence-corrected chi connectivity index (χ3v) is 6.14. The molecule has 3 aromatic carbocycles. The maximum absolute atomic E-state index is 13.6. The molecule has 2 atom stereocenters. The van der Waals surface area contributed by atoms with Crippen molar-refractivity contribution < 1.29 is 4.79 Å². The second-order valence-electron chi connectivity index (χ2n) is 8.20. The summed E-state index contributed by atoms with van der Waals surface area (Å²) in [7, 11) is 0. The van der Waals surface area contributed by atoms with Gasteiger partial charge >= 0.3 is 0 Å². The van der Waals surface area contributed by atoms with Gasteiger partial charge in [-0.15, -0.1) is 0 Å². The number of hydrogen-bond donors (Lipinski definition) is 1. The van der Waals surface area contributed by atoms with E-state index in [4.69, 9.17) is 0 Å². The smallest absolute Gasteiger partial charge is 0.228 e. The fourth-order valence-corrected chi connectivity index (χ4v) is 4.58. The molecule has 4 rings (SSSR count). The molecule has 0 bridgehead atoms. The first-order valence-corrected chi connectivity index (χ1v) is 10.7. The first-order chi connectivity index (χ1) is 14.2. The van der Waals surface area contributed by atoms with E-state index in [0.29, 0.717) is 5.92 Å². The lowest BCUT2D eigenvalue weighted by Crippen LogP contribution is -2.36. The maximum Gasteiger partial charge on any atom is 0.228 e. The van der Waals surface area contributed by atoms with Crippen LogP contribution in [0.1, 0.15) is 59.9 Å². The number of carbonyl (C=O) groups excluding carboxylic acids is 1. The van der Waals surface area contributed by atoms with Crippen LogP contribution in [0.5, 0.6) is 0 Å². The summed E-state index contributed by atoms with van der Waals surface area (Å²) in [6.45, 7) is 2.09. The van der Waals surface area contributed by atoms with Crippen molar-refractivity contribution in [2.45, 2.75) is 44.6 Å². The van der Waals surface area contributed by atoms with Gasteiger partial charge < -0.3 is 5.32 Å². The van der Waals surface area contributed by atoms with Crippen LogP contribution in [0.15, 0.2) is 84.9 Å². The van der Waals surface area contributed by atoms with E-state index in [0.717, 1.165) is 29.5 Å². The topological polar surface area (TPSA) is 29.1 Å². The van der Waals surface area contributed by atoms with E-state index in [1.54, 1.807) is 0 Å². The normalized spacial score (nSPS) is 16.3. The Morgan fingerprint density at radius 1 is 0.759 bits per heavy atom. The van der Waals surface area contributed by atoms with Crippen LogP contribution in [0.4, 0.5) is 0 Å². The van der Waals surface area contributed by atoms with Crippen molar-refractivity contribution in [1.29, 1.82) is 0 Å². The Morgan fingerprint density at radius 3 is 1.86 bits per heavy atom. The molecule has 1 amide bonds. The van der Waals surface area contributed by atoms with E-state index in [1.807, 2.05) is 36.4 Å². The Labute approximate surface area is 174 Å². The van der Waals surface area contributed by atoms with E-state index in [9.17, 15) is 4.79 Å². The number of aryl methyl sites for hydroxylation is 1. The minimum absolute atomic E-state index is 0.0876. The van der Waals surface area contributed by atoms with Crippen molar-refractivity contribution >= 4 is 5.91 Å². The number of carbonyl (C=O) groups is 1. The fourth-order valence-electron chi connectivity index (χ4n) is 4.58. The molecule has 1 aliphatic carbocycles. The minimum Gasteiger partial charge on any atom is -0.345 e. The summed E-state index contributed by atoms with van der Waals surface area (Å²) in [6, 6.07) is 28.9. The molecular formula is C27H29NO. The molecule has 0 radical (unpaired) electrons. The Kier molecular flexibility index (Phi) is 6.09. The zero-order chi connectivity index (χ0) is 20.1. The SMILES string of the molecule is Cc1ccc([C@H](NC(=O)[C@@H](c2ccccc2)C2CCCC2)c2ccccc2)cc1. The largest absolute Gasteiger partial charge is 0.345 e. The number of amides is 1. The monoisotopic (exact) mass is 383 g/mol.